The van der Waals surface area contributed by atoms with Crippen molar-refractivity contribution in [1.29, 1.82) is 0 Å². The molecule has 4 heteroatoms. The molecule has 1 aliphatic carbocycles. The van der Waals surface area contributed by atoms with Crippen molar-refractivity contribution < 1.29 is 0 Å². The molecule has 1 aromatic carbocycles. The first-order valence-corrected chi connectivity index (χ1v) is 7.73. The number of hydrogen-bond donors (Lipinski definition) is 1. The lowest BCUT2D eigenvalue weighted by Crippen LogP contribution is -2.56. The van der Waals surface area contributed by atoms with E-state index in [4.69, 9.17) is 17.3 Å². The molecule has 2 rings (SSSR count). The van der Waals surface area contributed by atoms with E-state index in [1.165, 1.54) is 30.5 Å². The monoisotopic (exact) mass is 295 g/mol. The zero-order valence-electron chi connectivity index (χ0n) is 12.8. The second-order valence-corrected chi connectivity index (χ2v) is 6.58. The molecule has 1 aliphatic rings. The van der Waals surface area contributed by atoms with Crippen LogP contribution in [0.2, 0.25) is 5.02 Å². The smallest absolute Gasteiger partial charge is 0.0426 e. The van der Waals surface area contributed by atoms with Crippen molar-refractivity contribution in [3.05, 3.63) is 28.8 Å². The van der Waals surface area contributed by atoms with Crippen molar-refractivity contribution in [3.8, 4) is 0 Å². The highest BCUT2D eigenvalue weighted by molar-refractivity contribution is 6.30. The highest BCUT2D eigenvalue weighted by atomic mass is 35.5. The van der Waals surface area contributed by atoms with Gasteiger partial charge in [0.05, 0.1) is 0 Å². The number of benzene rings is 1. The summed E-state index contributed by atoms with van der Waals surface area (Å²) in [6.07, 6.45) is 4.78. The molecule has 0 amide bonds. The van der Waals surface area contributed by atoms with Crippen LogP contribution in [0.5, 0.6) is 0 Å². The van der Waals surface area contributed by atoms with Gasteiger partial charge >= 0.3 is 0 Å². The Morgan fingerprint density at radius 3 is 2.45 bits per heavy atom. The minimum Gasteiger partial charge on any atom is -0.372 e. The predicted octanol–water partition coefficient (Wildman–Crippen LogP) is 2.76. The topological polar surface area (TPSA) is 32.5 Å². The quantitative estimate of drug-likeness (QED) is 0.876. The Kier molecular flexibility index (Phi) is 4.95. The van der Waals surface area contributed by atoms with E-state index in [9.17, 15) is 0 Å². The fourth-order valence-electron chi connectivity index (χ4n) is 3.12. The third kappa shape index (κ3) is 3.11. The van der Waals surface area contributed by atoms with E-state index in [0.717, 1.165) is 18.0 Å². The maximum atomic E-state index is 6.17. The SMILES string of the molecule is CN(CC1(N(C)C)CCC1)c1cc(Cl)ccc1CCN. The Labute approximate surface area is 127 Å². The number of halogens is 1. The van der Waals surface area contributed by atoms with Crippen molar-refractivity contribution >= 4 is 17.3 Å². The van der Waals surface area contributed by atoms with Crippen molar-refractivity contribution in [3.63, 3.8) is 0 Å². The molecule has 0 unspecified atom stereocenters. The normalized spacial score (nSPS) is 17.1. The Bertz CT molecular complexity index is 455. The van der Waals surface area contributed by atoms with Gasteiger partial charge in [-0.25, -0.2) is 0 Å². The summed E-state index contributed by atoms with van der Waals surface area (Å²) >= 11 is 6.17. The van der Waals surface area contributed by atoms with Gasteiger partial charge in [-0.2, -0.15) is 0 Å². The molecule has 0 radical (unpaired) electrons. The van der Waals surface area contributed by atoms with Crippen LogP contribution >= 0.6 is 11.6 Å². The molecule has 112 valence electrons. The average Bonchev–Trinajstić information content (AvgIpc) is 2.35. The van der Waals surface area contributed by atoms with Crippen LogP contribution in [0.3, 0.4) is 0 Å². The molecule has 0 bridgehead atoms. The van der Waals surface area contributed by atoms with Gasteiger partial charge < -0.3 is 15.5 Å². The zero-order valence-corrected chi connectivity index (χ0v) is 13.6. The molecule has 0 saturated heterocycles. The molecular formula is C16H26ClN3. The molecule has 1 saturated carbocycles. The summed E-state index contributed by atoms with van der Waals surface area (Å²) in [5.41, 5.74) is 8.54. The van der Waals surface area contributed by atoms with Crippen LogP contribution in [0.15, 0.2) is 18.2 Å². The molecule has 0 aromatic heterocycles. The molecule has 0 aliphatic heterocycles. The lowest BCUT2D eigenvalue weighted by atomic mass is 9.75. The van der Waals surface area contributed by atoms with Gasteiger partial charge in [-0.1, -0.05) is 17.7 Å². The third-order valence-electron chi connectivity index (χ3n) is 4.64. The maximum Gasteiger partial charge on any atom is 0.0426 e. The summed E-state index contributed by atoms with van der Waals surface area (Å²) in [4.78, 5) is 4.72. The van der Waals surface area contributed by atoms with E-state index in [1.54, 1.807) is 0 Å². The highest BCUT2D eigenvalue weighted by Crippen LogP contribution is 2.38. The second kappa shape index (κ2) is 6.33. The molecular weight excluding hydrogens is 270 g/mol. The van der Waals surface area contributed by atoms with E-state index >= 15 is 0 Å². The Hall–Kier alpha value is -0.770. The zero-order chi connectivity index (χ0) is 14.8. The Balaban J connectivity index is 2.19. The van der Waals surface area contributed by atoms with Crippen LogP contribution in [0.25, 0.3) is 0 Å². The van der Waals surface area contributed by atoms with Gasteiger partial charge in [0.2, 0.25) is 0 Å². The molecule has 0 spiro atoms. The molecule has 1 aromatic rings. The summed E-state index contributed by atoms with van der Waals surface area (Å²) < 4.78 is 0. The van der Waals surface area contributed by atoms with Crippen LogP contribution in [0, 0.1) is 0 Å². The highest BCUT2D eigenvalue weighted by Gasteiger charge is 2.40. The molecule has 0 heterocycles. The van der Waals surface area contributed by atoms with Gasteiger partial charge in [-0.05, 0) is 64.0 Å². The van der Waals surface area contributed by atoms with Crippen LogP contribution in [-0.2, 0) is 6.42 Å². The Morgan fingerprint density at radius 2 is 1.95 bits per heavy atom. The van der Waals surface area contributed by atoms with Gasteiger partial charge in [0.1, 0.15) is 0 Å². The van der Waals surface area contributed by atoms with E-state index in [0.29, 0.717) is 12.1 Å². The Morgan fingerprint density at radius 1 is 1.25 bits per heavy atom. The van der Waals surface area contributed by atoms with Crippen molar-refractivity contribution in [1.82, 2.24) is 4.90 Å². The van der Waals surface area contributed by atoms with Crippen LogP contribution < -0.4 is 10.6 Å². The van der Waals surface area contributed by atoms with E-state index in [2.05, 4.69) is 43.1 Å². The average molecular weight is 296 g/mol. The van der Waals surface area contributed by atoms with Gasteiger partial charge in [-0.3, -0.25) is 0 Å². The van der Waals surface area contributed by atoms with Gasteiger partial charge in [-0.15, -0.1) is 0 Å². The predicted molar refractivity (Wildman–Crippen MR) is 87.7 cm³/mol. The number of hydrogen-bond acceptors (Lipinski definition) is 3. The number of rotatable bonds is 6. The molecule has 0 atom stereocenters. The first-order valence-electron chi connectivity index (χ1n) is 7.35. The first-order chi connectivity index (χ1) is 9.48. The van der Waals surface area contributed by atoms with Crippen LogP contribution in [0.1, 0.15) is 24.8 Å². The summed E-state index contributed by atoms with van der Waals surface area (Å²) in [5.74, 6) is 0. The maximum absolute atomic E-state index is 6.17. The lowest BCUT2D eigenvalue weighted by Gasteiger charge is -2.49. The fraction of sp³-hybridized carbons (Fsp3) is 0.625. The minimum absolute atomic E-state index is 0.317. The van der Waals surface area contributed by atoms with Crippen molar-refractivity contribution in [2.75, 3.05) is 39.1 Å². The molecule has 3 nitrogen and oxygen atoms in total. The van der Waals surface area contributed by atoms with Crippen molar-refractivity contribution in [2.45, 2.75) is 31.2 Å². The summed E-state index contributed by atoms with van der Waals surface area (Å²) in [6, 6.07) is 6.12. The molecule has 2 N–H and O–H groups in total. The number of likely N-dealkylation sites (N-methyl/N-ethyl adjacent to an activating group) is 2. The second-order valence-electron chi connectivity index (χ2n) is 6.14. The third-order valence-corrected chi connectivity index (χ3v) is 4.87. The van der Waals surface area contributed by atoms with E-state index < -0.39 is 0 Å². The first kappa shape index (κ1) is 15.6. The van der Waals surface area contributed by atoms with Crippen LogP contribution in [0.4, 0.5) is 5.69 Å². The lowest BCUT2D eigenvalue weighted by molar-refractivity contribution is 0.0683. The standard InChI is InChI=1S/C16H26ClN3/c1-19(2)16(8-4-9-16)12-20(3)15-11-14(17)6-5-13(15)7-10-18/h5-6,11H,4,7-10,12,18H2,1-3H3. The number of anilines is 1. The molecule has 1 fully saturated rings. The van der Waals surface area contributed by atoms with Gasteiger partial charge in [0.25, 0.3) is 0 Å². The summed E-state index contributed by atoms with van der Waals surface area (Å²) in [6.45, 7) is 1.71. The van der Waals surface area contributed by atoms with Gasteiger partial charge in [0, 0.05) is 29.8 Å². The largest absolute Gasteiger partial charge is 0.372 e. The summed E-state index contributed by atoms with van der Waals surface area (Å²) in [5, 5.41) is 0.792. The van der Waals surface area contributed by atoms with Crippen LogP contribution in [-0.4, -0.2) is 44.7 Å². The minimum atomic E-state index is 0.317. The molecule has 20 heavy (non-hydrogen) atoms. The number of nitrogens with zero attached hydrogens (tertiary/aromatic N) is 2. The number of nitrogens with two attached hydrogens (primary N) is 1. The van der Waals surface area contributed by atoms with Crippen molar-refractivity contribution in [2.24, 2.45) is 5.73 Å². The summed E-state index contributed by atoms with van der Waals surface area (Å²) in [7, 11) is 6.53. The van der Waals surface area contributed by atoms with E-state index in [-0.39, 0.29) is 0 Å². The van der Waals surface area contributed by atoms with Gasteiger partial charge in [0.15, 0.2) is 0 Å². The van der Waals surface area contributed by atoms with E-state index in [1.807, 2.05) is 6.07 Å². The fourth-order valence-corrected chi connectivity index (χ4v) is 3.28.